The van der Waals surface area contributed by atoms with Crippen LogP contribution in [0, 0.1) is 0 Å². The van der Waals surface area contributed by atoms with Crippen molar-refractivity contribution >= 4 is 35.7 Å². The summed E-state index contributed by atoms with van der Waals surface area (Å²) in [5.74, 6) is 0. The lowest BCUT2D eigenvalue weighted by atomic mass is 10.1. The van der Waals surface area contributed by atoms with Gasteiger partial charge in [-0.2, -0.15) is 5.10 Å². The Morgan fingerprint density at radius 1 is 1.36 bits per heavy atom. The Balaban J connectivity index is 0.000000845. The fourth-order valence-electron chi connectivity index (χ4n) is 1.39. The van der Waals surface area contributed by atoms with Crippen molar-refractivity contribution in [1.29, 1.82) is 0 Å². The summed E-state index contributed by atoms with van der Waals surface area (Å²) < 4.78 is 0. The molecule has 0 fully saturated rings. The molecule has 5 heteroatoms. The first-order chi connectivity index (χ1) is 5.79. The van der Waals surface area contributed by atoms with Crippen molar-refractivity contribution in [3.8, 4) is 0 Å². The fraction of sp³-hybridized carbons (Fsp3) is 0.222. The Labute approximate surface area is 94.9 Å². The van der Waals surface area contributed by atoms with Crippen LogP contribution in [0.15, 0.2) is 24.4 Å². The average molecular weight is 234 g/mol. The lowest BCUT2D eigenvalue weighted by Crippen LogP contribution is -2.04. The van der Waals surface area contributed by atoms with Gasteiger partial charge in [-0.1, -0.05) is 12.1 Å². The second-order valence-corrected chi connectivity index (χ2v) is 2.97. The number of halogens is 2. The van der Waals surface area contributed by atoms with E-state index in [0.29, 0.717) is 0 Å². The third kappa shape index (κ3) is 2.18. The summed E-state index contributed by atoms with van der Waals surface area (Å²) in [4.78, 5) is 0. The van der Waals surface area contributed by atoms with Crippen molar-refractivity contribution in [2.45, 2.75) is 13.0 Å². The van der Waals surface area contributed by atoms with Crippen LogP contribution in [0.2, 0.25) is 0 Å². The lowest BCUT2D eigenvalue weighted by molar-refractivity contribution is 0.827. The van der Waals surface area contributed by atoms with E-state index in [1.807, 2.05) is 31.3 Å². The molecule has 14 heavy (non-hydrogen) atoms. The number of benzene rings is 1. The van der Waals surface area contributed by atoms with E-state index in [1.54, 1.807) is 0 Å². The number of fused-ring (bicyclic) bond motifs is 1. The highest BCUT2D eigenvalue weighted by Crippen LogP contribution is 2.20. The third-order valence-corrected chi connectivity index (χ3v) is 2.01. The van der Waals surface area contributed by atoms with Crippen molar-refractivity contribution < 1.29 is 0 Å². The third-order valence-electron chi connectivity index (χ3n) is 2.01. The summed E-state index contributed by atoms with van der Waals surface area (Å²) >= 11 is 0. The molecule has 0 bridgehead atoms. The van der Waals surface area contributed by atoms with E-state index in [1.165, 1.54) is 0 Å². The first-order valence-corrected chi connectivity index (χ1v) is 3.96. The summed E-state index contributed by atoms with van der Waals surface area (Å²) in [6.07, 6.45) is 1.81. The van der Waals surface area contributed by atoms with Crippen LogP contribution in [-0.2, 0) is 0 Å². The summed E-state index contributed by atoms with van der Waals surface area (Å²) in [5, 5.41) is 7.99. The smallest absolute Gasteiger partial charge is 0.0653 e. The molecule has 2 rings (SSSR count). The molecule has 0 saturated heterocycles. The van der Waals surface area contributed by atoms with Crippen LogP contribution < -0.4 is 5.73 Å². The fourth-order valence-corrected chi connectivity index (χ4v) is 1.39. The molecule has 1 atom stereocenters. The van der Waals surface area contributed by atoms with Gasteiger partial charge >= 0.3 is 0 Å². The molecule has 0 spiro atoms. The minimum Gasteiger partial charge on any atom is -0.324 e. The quantitative estimate of drug-likeness (QED) is 0.796. The second-order valence-electron chi connectivity index (χ2n) is 2.97. The predicted octanol–water partition coefficient (Wildman–Crippen LogP) is 2.43. The Morgan fingerprint density at radius 2 is 2.07 bits per heavy atom. The maximum Gasteiger partial charge on any atom is 0.0653 e. The molecule has 1 aromatic carbocycles. The van der Waals surface area contributed by atoms with E-state index in [0.717, 1.165) is 16.5 Å². The molecular formula is C9H13Cl2N3. The Morgan fingerprint density at radius 3 is 2.71 bits per heavy atom. The molecule has 0 saturated carbocycles. The molecule has 1 aromatic heterocycles. The molecular weight excluding hydrogens is 221 g/mol. The summed E-state index contributed by atoms with van der Waals surface area (Å²) in [5.41, 5.74) is 7.98. The molecule has 0 aliphatic rings. The zero-order valence-electron chi connectivity index (χ0n) is 7.73. The van der Waals surface area contributed by atoms with Gasteiger partial charge < -0.3 is 5.73 Å². The average Bonchev–Trinajstić information content (AvgIpc) is 2.49. The molecule has 0 aliphatic carbocycles. The molecule has 0 radical (unpaired) electrons. The standard InChI is InChI=1S/C9H11N3.2ClH/c1-6(10)7-3-2-4-9-8(7)5-11-12-9;;/h2-6H,10H2,1H3,(H,11,12);2*1H. The van der Waals surface area contributed by atoms with E-state index >= 15 is 0 Å². The number of nitrogens with two attached hydrogens (primary N) is 1. The maximum atomic E-state index is 5.80. The van der Waals surface area contributed by atoms with Gasteiger partial charge in [-0.05, 0) is 18.6 Å². The minimum absolute atomic E-state index is 0. The number of aromatic nitrogens is 2. The Hall–Kier alpha value is -0.770. The van der Waals surface area contributed by atoms with Gasteiger partial charge in [0.05, 0.1) is 11.7 Å². The maximum absolute atomic E-state index is 5.80. The van der Waals surface area contributed by atoms with Gasteiger partial charge in [-0.25, -0.2) is 0 Å². The molecule has 1 unspecified atom stereocenters. The lowest BCUT2D eigenvalue weighted by Gasteiger charge is -2.05. The van der Waals surface area contributed by atoms with Gasteiger partial charge in [0.25, 0.3) is 0 Å². The topological polar surface area (TPSA) is 54.7 Å². The van der Waals surface area contributed by atoms with E-state index in [4.69, 9.17) is 5.73 Å². The highest BCUT2D eigenvalue weighted by Gasteiger charge is 2.04. The molecule has 1 heterocycles. The number of nitrogens with zero attached hydrogens (tertiary/aromatic N) is 1. The van der Waals surface area contributed by atoms with Crippen molar-refractivity contribution in [2.75, 3.05) is 0 Å². The van der Waals surface area contributed by atoms with Crippen molar-refractivity contribution in [2.24, 2.45) is 5.73 Å². The van der Waals surface area contributed by atoms with Crippen LogP contribution in [0.3, 0.4) is 0 Å². The largest absolute Gasteiger partial charge is 0.324 e. The van der Waals surface area contributed by atoms with Crippen molar-refractivity contribution in [1.82, 2.24) is 10.2 Å². The van der Waals surface area contributed by atoms with Crippen LogP contribution in [-0.4, -0.2) is 10.2 Å². The molecule has 3 N–H and O–H groups in total. The van der Waals surface area contributed by atoms with Crippen LogP contribution in [0.4, 0.5) is 0 Å². The molecule has 0 amide bonds. The van der Waals surface area contributed by atoms with Gasteiger partial charge in [0.15, 0.2) is 0 Å². The van der Waals surface area contributed by atoms with Gasteiger partial charge in [0, 0.05) is 11.4 Å². The summed E-state index contributed by atoms with van der Waals surface area (Å²) in [6.45, 7) is 1.97. The Bertz CT molecular complexity index is 398. The molecule has 3 nitrogen and oxygen atoms in total. The monoisotopic (exact) mass is 233 g/mol. The van der Waals surface area contributed by atoms with Crippen LogP contribution in [0.25, 0.3) is 10.9 Å². The zero-order chi connectivity index (χ0) is 8.55. The van der Waals surface area contributed by atoms with E-state index in [9.17, 15) is 0 Å². The minimum atomic E-state index is 0. The van der Waals surface area contributed by atoms with Crippen LogP contribution in [0.5, 0.6) is 0 Å². The first kappa shape index (κ1) is 13.2. The van der Waals surface area contributed by atoms with E-state index in [2.05, 4.69) is 10.2 Å². The summed E-state index contributed by atoms with van der Waals surface area (Å²) in [7, 11) is 0. The highest BCUT2D eigenvalue weighted by atomic mass is 35.5. The molecule has 0 aliphatic heterocycles. The molecule has 78 valence electrons. The van der Waals surface area contributed by atoms with Crippen molar-refractivity contribution in [3.63, 3.8) is 0 Å². The van der Waals surface area contributed by atoms with Crippen LogP contribution >= 0.6 is 24.8 Å². The zero-order valence-corrected chi connectivity index (χ0v) is 9.36. The number of aromatic amines is 1. The van der Waals surface area contributed by atoms with Gasteiger partial charge in [0.2, 0.25) is 0 Å². The summed E-state index contributed by atoms with van der Waals surface area (Å²) in [6, 6.07) is 6.07. The first-order valence-electron chi connectivity index (χ1n) is 3.96. The number of hydrogen-bond acceptors (Lipinski definition) is 2. The predicted molar refractivity (Wildman–Crippen MR) is 63.2 cm³/mol. The Kier molecular flexibility index (Phi) is 4.91. The number of hydrogen-bond donors (Lipinski definition) is 2. The number of rotatable bonds is 1. The number of H-pyrrole nitrogens is 1. The van der Waals surface area contributed by atoms with Gasteiger partial charge in [0.1, 0.15) is 0 Å². The van der Waals surface area contributed by atoms with Gasteiger partial charge in [-0.3, -0.25) is 5.10 Å². The van der Waals surface area contributed by atoms with E-state index in [-0.39, 0.29) is 30.9 Å². The normalized spacial score (nSPS) is 11.6. The highest BCUT2D eigenvalue weighted by molar-refractivity contribution is 5.85. The molecule has 2 aromatic rings. The van der Waals surface area contributed by atoms with E-state index < -0.39 is 0 Å². The SMILES string of the molecule is CC(N)c1cccc2[nH]ncc12.Cl.Cl. The second kappa shape index (κ2) is 5.20. The van der Waals surface area contributed by atoms with Crippen molar-refractivity contribution in [3.05, 3.63) is 30.0 Å². The number of nitrogens with one attached hydrogen (secondary N) is 1. The van der Waals surface area contributed by atoms with Gasteiger partial charge in [-0.15, -0.1) is 24.8 Å². The van der Waals surface area contributed by atoms with Crippen LogP contribution in [0.1, 0.15) is 18.5 Å².